The van der Waals surface area contributed by atoms with Crippen molar-refractivity contribution in [2.75, 3.05) is 4.90 Å². The van der Waals surface area contributed by atoms with E-state index < -0.39 is 0 Å². The molecule has 0 bridgehead atoms. The summed E-state index contributed by atoms with van der Waals surface area (Å²) >= 11 is 6.30. The minimum atomic E-state index is 0.525. The Bertz CT molecular complexity index is 654. The van der Waals surface area contributed by atoms with Crippen LogP contribution in [0.25, 0.3) is 0 Å². The fraction of sp³-hybridized carbons (Fsp3) is 0.375. The number of rotatable bonds is 2. The molecule has 4 rings (SSSR count). The molecule has 4 heteroatoms. The molecule has 0 saturated heterocycles. The van der Waals surface area contributed by atoms with Crippen molar-refractivity contribution in [2.24, 2.45) is 0 Å². The fourth-order valence-corrected chi connectivity index (χ4v) is 2.98. The lowest BCUT2D eigenvalue weighted by Gasteiger charge is -2.20. The summed E-state index contributed by atoms with van der Waals surface area (Å²) in [5.74, 6) is 2.45. The van der Waals surface area contributed by atoms with Crippen molar-refractivity contribution < 1.29 is 0 Å². The van der Waals surface area contributed by atoms with Gasteiger partial charge in [0.1, 0.15) is 16.8 Å². The number of aromatic nitrogens is 2. The second-order valence-electron chi connectivity index (χ2n) is 5.72. The van der Waals surface area contributed by atoms with Gasteiger partial charge in [-0.2, -0.15) is 0 Å². The molecule has 102 valence electrons. The third kappa shape index (κ3) is 1.97. The van der Waals surface area contributed by atoms with Crippen molar-refractivity contribution >= 4 is 17.4 Å². The van der Waals surface area contributed by atoms with Crippen molar-refractivity contribution in [3.8, 4) is 0 Å². The third-order valence-corrected chi connectivity index (χ3v) is 4.53. The van der Waals surface area contributed by atoms with Crippen LogP contribution >= 0.6 is 11.6 Å². The maximum atomic E-state index is 6.30. The number of hydrogen-bond acceptors (Lipinski definition) is 3. The molecule has 1 aliphatic carbocycles. The first-order chi connectivity index (χ1) is 9.72. The molecule has 1 aromatic carbocycles. The van der Waals surface area contributed by atoms with E-state index in [-0.39, 0.29) is 0 Å². The zero-order valence-electron chi connectivity index (χ0n) is 11.4. The highest BCUT2D eigenvalue weighted by atomic mass is 35.5. The van der Waals surface area contributed by atoms with Crippen LogP contribution < -0.4 is 4.90 Å². The summed E-state index contributed by atoms with van der Waals surface area (Å²) in [5, 5.41) is 0.604. The van der Waals surface area contributed by atoms with Crippen LogP contribution in [0.1, 0.15) is 41.3 Å². The van der Waals surface area contributed by atoms with E-state index in [9.17, 15) is 0 Å². The van der Waals surface area contributed by atoms with Gasteiger partial charge in [0.05, 0.1) is 0 Å². The van der Waals surface area contributed by atoms with E-state index in [0.717, 1.165) is 30.3 Å². The van der Waals surface area contributed by atoms with E-state index in [1.807, 2.05) is 6.92 Å². The van der Waals surface area contributed by atoms with E-state index in [2.05, 4.69) is 34.1 Å². The average molecular weight is 286 g/mol. The molecule has 0 radical (unpaired) electrons. The van der Waals surface area contributed by atoms with Crippen LogP contribution in [0.3, 0.4) is 0 Å². The van der Waals surface area contributed by atoms with Crippen LogP contribution in [-0.2, 0) is 13.1 Å². The standard InChI is InChI=1S/C16H16ClN3/c1-10-14(17)18-15(11-6-7-11)19-16(10)20-8-12-4-2-3-5-13(12)9-20/h2-5,11H,6-9H2,1H3. The lowest BCUT2D eigenvalue weighted by molar-refractivity contribution is 0.817. The van der Waals surface area contributed by atoms with Gasteiger partial charge in [-0.3, -0.25) is 0 Å². The van der Waals surface area contributed by atoms with Crippen molar-refractivity contribution in [1.29, 1.82) is 0 Å². The van der Waals surface area contributed by atoms with Crippen LogP contribution in [0.15, 0.2) is 24.3 Å². The Morgan fingerprint density at radius 2 is 1.75 bits per heavy atom. The van der Waals surface area contributed by atoms with Gasteiger partial charge >= 0.3 is 0 Å². The van der Waals surface area contributed by atoms with E-state index in [4.69, 9.17) is 16.6 Å². The van der Waals surface area contributed by atoms with Crippen molar-refractivity contribution in [1.82, 2.24) is 9.97 Å². The molecule has 1 saturated carbocycles. The molecule has 1 aromatic heterocycles. The highest BCUT2D eigenvalue weighted by Crippen LogP contribution is 2.40. The van der Waals surface area contributed by atoms with E-state index in [0.29, 0.717) is 11.1 Å². The molecule has 0 amide bonds. The third-order valence-electron chi connectivity index (χ3n) is 4.16. The van der Waals surface area contributed by atoms with Gasteiger partial charge < -0.3 is 4.90 Å². The zero-order chi connectivity index (χ0) is 13.7. The van der Waals surface area contributed by atoms with Crippen molar-refractivity contribution in [3.05, 3.63) is 51.9 Å². The summed E-state index contributed by atoms with van der Waals surface area (Å²) in [4.78, 5) is 11.5. The van der Waals surface area contributed by atoms with Crippen LogP contribution in [0.5, 0.6) is 0 Å². The average Bonchev–Trinajstić information content (AvgIpc) is 3.20. The first-order valence-corrected chi connectivity index (χ1v) is 7.46. The first kappa shape index (κ1) is 12.2. The number of anilines is 1. The number of halogens is 1. The van der Waals surface area contributed by atoms with Gasteiger partial charge in [-0.05, 0) is 30.9 Å². The van der Waals surface area contributed by atoms with Crippen LogP contribution in [0, 0.1) is 6.92 Å². The maximum absolute atomic E-state index is 6.30. The smallest absolute Gasteiger partial charge is 0.137 e. The van der Waals surface area contributed by atoms with Gasteiger partial charge in [-0.15, -0.1) is 0 Å². The second-order valence-corrected chi connectivity index (χ2v) is 6.08. The number of nitrogens with zero attached hydrogens (tertiary/aromatic N) is 3. The SMILES string of the molecule is Cc1c(Cl)nc(C2CC2)nc1N1Cc2ccccc2C1. The summed E-state index contributed by atoms with van der Waals surface area (Å²) in [6, 6.07) is 8.57. The molecule has 0 atom stereocenters. The van der Waals surface area contributed by atoms with Gasteiger partial charge in [-0.1, -0.05) is 35.9 Å². The van der Waals surface area contributed by atoms with Crippen LogP contribution in [0.2, 0.25) is 5.15 Å². The maximum Gasteiger partial charge on any atom is 0.137 e. The summed E-state index contributed by atoms with van der Waals surface area (Å²) in [5.41, 5.74) is 3.76. The number of hydrogen-bond donors (Lipinski definition) is 0. The first-order valence-electron chi connectivity index (χ1n) is 7.08. The molecule has 0 spiro atoms. The molecular weight excluding hydrogens is 270 g/mol. The number of benzene rings is 1. The topological polar surface area (TPSA) is 29.0 Å². The molecule has 1 fully saturated rings. The van der Waals surface area contributed by atoms with E-state index >= 15 is 0 Å². The highest BCUT2D eigenvalue weighted by Gasteiger charge is 2.30. The quantitative estimate of drug-likeness (QED) is 0.785. The van der Waals surface area contributed by atoms with E-state index in [1.54, 1.807) is 0 Å². The molecule has 2 aromatic rings. The van der Waals surface area contributed by atoms with Crippen molar-refractivity contribution in [2.45, 2.75) is 38.8 Å². The van der Waals surface area contributed by atoms with Crippen molar-refractivity contribution in [3.63, 3.8) is 0 Å². The molecule has 20 heavy (non-hydrogen) atoms. The molecule has 1 aliphatic heterocycles. The van der Waals surface area contributed by atoms with Gasteiger partial charge in [0.15, 0.2) is 0 Å². The van der Waals surface area contributed by atoms with Crippen LogP contribution in [0.4, 0.5) is 5.82 Å². The molecule has 2 heterocycles. The van der Waals surface area contributed by atoms with Gasteiger partial charge in [-0.25, -0.2) is 9.97 Å². The summed E-state index contributed by atoms with van der Waals surface area (Å²) in [7, 11) is 0. The Kier molecular flexibility index (Phi) is 2.71. The van der Waals surface area contributed by atoms with Crippen LogP contribution in [-0.4, -0.2) is 9.97 Å². The highest BCUT2D eigenvalue weighted by molar-refractivity contribution is 6.30. The van der Waals surface area contributed by atoms with Gasteiger partial charge in [0.2, 0.25) is 0 Å². The predicted molar refractivity (Wildman–Crippen MR) is 80.1 cm³/mol. The lowest BCUT2D eigenvalue weighted by Crippen LogP contribution is -2.18. The Morgan fingerprint density at radius 1 is 1.10 bits per heavy atom. The van der Waals surface area contributed by atoms with Gasteiger partial charge in [0, 0.05) is 24.6 Å². The molecule has 3 nitrogen and oxygen atoms in total. The molecular formula is C16H16ClN3. The minimum absolute atomic E-state index is 0.525. The zero-order valence-corrected chi connectivity index (χ0v) is 12.2. The predicted octanol–water partition coefficient (Wildman–Crippen LogP) is 3.84. The lowest BCUT2D eigenvalue weighted by atomic mass is 10.1. The Morgan fingerprint density at radius 3 is 2.35 bits per heavy atom. The summed E-state index contributed by atoms with van der Waals surface area (Å²) in [6.45, 7) is 3.83. The summed E-state index contributed by atoms with van der Waals surface area (Å²) in [6.07, 6.45) is 2.39. The Hall–Kier alpha value is -1.61. The normalized spacial score (nSPS) is 17.4. The minimum Gasteiger partial charge on any atom is -0.348 e. The fourth-order valence-electron chi connectivity index (χ4n) is 2.81. The summed E-state index contributed by atoms with van der Waals surface area (Å²) < 4.78 is 0. The second kappa shape index (κ2) is 4.45. The molecule has 2 aliphatic rings. The molecule has 0 unspecified atom stereocenters. The monoisotopic (exact) mass is 285 g/mol. The largest absolute Gasteiger partial charge is 0.348 e. The van der Waals surface area contributed by atoms with E-state index in [1.165, 1.54) is 24.0 Å². The number of fused-ring (bicyclic) bond motifs is 1. The molecule has 0 N–H and O–H groups in total. The Balaban J connectivity index is 1.73. The van der Waals surface area contributed by atoms with Gasteiger partial charge in [0.25, 0.3) is 0 Å². The Labute approximate surface area is 123 Å².